The number of hydrogen-bond donors (Lipinski definition) is 1. The van der Waals surface area contributed by atoms with Crippen molar-refractivity contribution in [2.45, 2.75) is 12.5 Å². The van der Waals surface area contributed by atoms with E-state index < -0.39 is 21.8 Å². The van der Waals surface area contributed by atoms with Gasteiger partial charge in [-0.15, -0.1) is 12.4 Å². The van der Waals surface area contributed by atoms with Crippen LogP contribution in [0.4, 0.5) is 0 Å². The van der Waals surface area contributed by atoms with E-state index in [9.17, 15) is 13.2 Å². The number of carbonyl (C=O) groups is 1. The first-order chi connectivity index (χ1) is 6.37. The molecular weight excluding hydrogens is 244 g/mol. The second-order valence-electron chi connectivity index (χ2n) is 2.79. The summed E-state index contributed by atoms with van der Waals surface area (Å²) >= 11 is 0. The molecule has 0 amide bonds. The minimum Gasteiger partial charge on any atom is -0.449 e. The van der Waals surface area contributed by atoms with Gasteiger partial charge in [-0.25, -0.2) is 8.42 Å². The molecule has 0 radical (unpaired) electrons. The summed E-state index contributed by atoms with van der Waals surface area (Å²) in [4.78, 5) is 10.9. The Balaban J connectivity index is 0. The predicted octanol–water partition coefficient (Wildman–Crippen LogP) is -0.763. The number of nitriles is 1. The largest absolute Gasteiger partial charge is 0.449 e. The molecule has 0 bridgehead atoms. The maximum absolute atomic E-state index is 10.9. The lowest BCUT2D eigenvalue weighted by Gasteiger charge is -2.08. The quantitative estimate of drug-likeness (QED) is 0.647. The van der Waals surface area contributed by atoms with Crippen LogP contribution in [0, 0.1) is 11.3 Å². The number of carbonyl (C=O) groups excluding carboxylic acids is 1. The minimum atomic E-state index is -3.13. The Bertz CT molecular complexity index is 335. The molecule has 6 nitrogen and oxygen atoms in total. The molecule has 0 aromatic heterocycles. The van der Waals surface area contributed by atoms with Gasteiger partial charge in [-0.1, -0.05) is 0 Å². The van der Waals surface area contributed by atoms with Gasteiger partial charge >= 0.3 is 5.97 Å². The van der Waals surface area contributed by atoms with Gasteiger partial charge in [0, 0.05) is 6.26 Å². The van der Waals surface area contributed by atoms with Crippen LogP contribution in [0.3, 0.4) is 0 Å². The van der Waals surface area contributed by atoms with Gasteiger partial charge in [-0.3, -0.25) is 4.79 Å². The monoisotopic (exact) mass is 256 g/mol. The van der Waals surface area contributed by atoms with E-state index in [2.05, 4.69) is 4.74 Å². The average molecular weight is 257 g/mol. The first kappa shape index (κ1) is 16.6. The number of rotatable bonds is 5. The summed E-state index contributed by atoms with van der Waals surface area (Å²) in [5, 5.41) is 8.09. The van der Waals surface area contributed by atoms with Gasteiger partial charge in [0.05, 0.1) is 5.75 Å². The number of esters is 1. The number of nitrogens with zero attached hydrogens (tertiary/aromatic N) is 1. The van der Waals surface area contributed by atoms with Crippen molar-refractivity contribution in [3.8, 4) is 6.07 Å². The Hall–Kier alpha value is -0.840. The highest BCUT2D eigenvalue weighted by Crippen LogP contribution is 1.96. The summed E-state index contributed by atoms with van der Waals surface area (Å²) in [5.41, 5.74) is 5.32. The Kier molecular flexibility index (Phi) is 8.24. The third-order valence-electron chi connectivity index (χ3n) is 1.38. The molecule has 0 unspecified atom stereocenters. The van der Waals surface area contributed by atoms with Gasteiger partial charge in [0.2, 0.25) is 0 Å². The lowest BCUT2D eigenvalue weighted by Crippen LogP contribution is -2.34. The molecule has 0 saturated heterocycles. The van der Waals surface area contributed by atoms with Gasteiger partial charge in [0.1, 0.15) is 21.9 Å². The standard InChI is InChI=1S/C7H12N2O4S.ClH/c1-14(11,12)5-2-6(9)7(10)13-4-3-8;/h6H,2,4-5,9H2,1H3;1H/t6-;/m0./s1. The summed E-state index contributed by atoms with van der Waals surface area (Å²) in [6, 6.07) is 0.621. The van der Waals surface area contributed by atoms with Crippen LogP contribution in [0.1, 0.15) is 6.42 Å². The SMILES string of the molecule is CS(=O)(=O)CC[C@H](N)C(=O)OCC#N.Cl. The molecule has 0 saturated carbocycles. The van der Waals surface area contributed by atoms with E-state index in [1.807, 2.05) is 0 Å². The lowest BCUT2D eigenvalue weighted by atomic mass is 10.2. The van der Waals surface area contributed by atoms with Crippen molar-refractivity contribution in [2.24, 2.45) is 5.73 Å². The van der Waals surface area contributed by atoms with E-state index in [-0.39, 0.29) is 31.2 Å². The molecule has 0 aliphatic carbocycles. The van der Waals surface area contributed by atoms with Crippen molar-refractivity contribution >= 4 is 28.2 Å². The topological polar surface area (TPSA) is 110 Å². The number of nitrogens with two attached hydrogens (primary N) is 1. The molecule has 1 atom stereocenters. The fraction of sp³-hybridized carbons (Fsp3) is 0.714. The second-order valence-corrected chi connectivity index (χ2v) is 5.05. The Morgan fingerprint density at radius 1 is 1.60 bits per heavy atom. The van der Waals surface area contributed by atoms with E-state index >= 15 is 0 Å². The van der Waals surface area contributed by atoms with Crippen LogP contribution < -0.4 is 5.73 Å². The molecule has 0 rings (SSSR count). The molecule has 88 valence electrons. The number of ether oxygens (including phenoxy) is 1. The first-order valence-electron chi connectivity index (χ1n) is 3.83. The van der Waals surface area contributed by atoms with Crippen molar-refractivity contribution in [2.75, 3.05) is 18.6 Å². The Morgan fingerprint density at radius 2 is 2.13 bits per heavy atom. The van der Waals surface area contributed by atoms with Crippen molar-refractivity contribution in [3.63, 3.8) is 0 Å². The van der Waals surface area contributed by atoms with E-state index in [1.54, 1.807) is 6.07 Å². The molecule has 0 fully saturated rings. The number of hydrogen-bond acceptors (Lipinski definition) is 6. The van der Waals surface area contributed by atoms with E-state index in [0.29, 0.717) is 0 Å². The summed E-state index contributed by atoms with van der Waals surface area (Å²) < 4.78 is 25.8. The van der Waals surface area contributed by atoms with E-state index in [4.69, 9.17) is 11.0 Å². The summed E-state index contributed by atoms with van der Waals surface area (Å²) in [6.07, 6.45) is 1.06. The predicted molar refractivity (Wildman–Crippen MR) is 56.1 cm³/mol. The Morgan fingerprint density at radius 3 is 2.53 bits per heavy atom. The van der Waals surface area contributed by atoms with Crippen molar-refractivity contribution in [3.05, 3.63) is 0 Å². The summed E-state index contributed by atoms with van der Waals surface area (Å²) in [5.74, 6) is -0.925. The fourth-order valence-corrected chi connectivity index (χ4v) is 1.35. The minimum absolute atomic E-state index is 0. The molecular formula is C7H13ClN2O4S. The normalized spacial score (nSPS) is 12.1. The van der Waals surface area contributed by atoms with Gasteiger partial charge in [0.15, 0.2) is 6.61 Å². The van der Waals surface area contributed by atoms with Crippen LogP contribution in [0.15, 0.2) is 0 Å². The second kappa shape index (κ2) is 7.45. The van der Waals surface area contributed by atoms with E-state index in [0.717, 1.165) is 6.26 Å². The highest BCUT2D eigenvalue weighted by molar-refractivity contribution is 7.90. The highest BCUT2D eigenvalue weighted by Gasteiger charge is 2.16. The van der Waals surface area contributed by atoms with Crippen LogP contribution >= 0.6 is 12.4 Å². The molecule has 0 aliphatic heterocycles. The van der Waals surface area contributed by atoms with Crippen LogP contribution in [-0.4, -0.2) is 39.0 Å². The lowest BCUT2D eigenvalue weighted by molar-refractivity contribution is -0.143. The van der Waals surface area contributed by atoms with Crippen molar-refractivity contribution < 1.29 is 17.9 Å². The van der Waals surface area contributed by atoms with Crippen LogP contribution in [0.5, 0.6) is 0 Å². The third-order valence-corrected chi connectivity index (χ3v) is 2.36. The highest BCUT2D eigenvalue weighted by atomic mass is 35.5. The summed E-state index contributed by atoms with van der Waals surface area (Å²) in [6.45, 7) is -0.370. The molecule has 8 heteroatoms. The summed E-state index contributed by atoms with van der Waals surface area (Å²) in [7, 11) is -3.13. The zero-order chi connectivity index (χ0) is 11.2. The molecule has 0 aromatic carbocycles. The average Bonchev–Trinajstić information content (AvgIpc) is 2.09. The van der Waals surface area contributed by atoms with Gasteiger partial charge in [-0.2, -0.15) is 5.26 Å². The Labute approximate surface area is 94.7 Å². The zero-order valence-electron chi connectivity index (χ0n) is 8.17. The molecule has 0 heterocycles. The maximum Gasteiger partial charge on any atom is 0.323 e. The van der Waals surface area contributed by atoms with Crippen LogP contribution in [0.2, 0.25) is 0 Å². The molecule has 15 heavy (non-hydrogen) atoms. The number of halogens is 1. The smallest absolute Gasteiger partial charge is 0.323 e. The zero-order valence-corrected chi connectivity index (χ0v) is 9.81. The van der Waals surface area contributed by atoms with Crippen molar-refractivity contribution in [1.29, 1.82) is 5.26 Å². The first-order valence-corrected chi connectivity index (χ1v) is 5.90. The third kappa shape index (κ3) is 9.46. The maximum atomic E-state index is 10.9. The molecule has 0 aliphatic rings. The fourth-order valence-electron chi connectivity index (χ4n) is 0.669. The molecule has 2 N–H and O–H groups in total. The molecule has 0 aromatic rings. The van der Waals surface area contributed by atoms with Gasteiger partial charge < -0.3 is 10.5 Å². The van der Waals surface area contributed by atoms with Gasteiger partial charge in [-0.05, 0) is 6.42 Å². The van der Waals surface area contributed by atoms with Gasteiger partial charge in [0.25, 0.3) is 0 Å². The van der Waals surface area contributed by atoms with E-state index in [1.165, 1.54) is 0 Å². The van der Waals surface area contributed by atoms with Crippen LogP contribution in [0.25, 0.3) is 0 Å². The molecule has 0 spiro atoms. The van der Waals surface area contributed by atoms with Crippen molar-refractivity contribution in [1.82, 2.24) is 0 Å². The van der Waals surface area contributed by atoms with Crippen LogP contribution in [-0.2, 0) is 19.4 Å². The number of sulfone groups is 1.